The van der Waals surface area contributed by atoms with E-state index in [0.29, 0.717) is 6.61 Å². The highest BCUT2D eigenvalue weighted by atomic mass is 35.5. The molecule has 0 aliphatic carbocycles. The maximum atomic E-state index is 13.5. The number of hydrogen-bond donors (Lipinski definition) is 2. The lowest BCUT2D eigenvalue weighted by atomic mass is 9.99. The zero-order valence-corrected chi connectivity index (χ0v) is 14.3. The fraction of sp³-hybridized carbons (Fsp3) is 0.571. The minimum atomic E-state index is -3.74. The van der Waals surface area contributed by atoms with Crippen LogP contribution in [0.4, 0.5) is 4.39 Å². The predicted octanol–water partition coefficient (Wildman–Crippen LogP) is 1.60. The second-order valence-corrected chi connectivity index (χ2v) is 7.17. The zero-order chi connectivity index (χ0) is 15.5. The molecule has 5 nitrogen and oxygen atoms in total. The van der Waals surface area contributed by atoms with Crippen LogP contribution in [0.25, 0.3) is 0 Å². The Morgan fingerprint density at radius 3 is 2.77 bits per heavy atom. The largest absolute Gasteiger partial charge is 0.383 e. The molecule has 2 rings (SSSR count). The second kappa shape index (κ2) is 7.70. The van der Waals surface area contributed by atoms with Crippen molar-refractivity contribution in [1.29, 1.82) is 0 Å². The molecule has 1 fully saturated rings. The van der Waals surface area contributed by atoms with Crippen molar-refractivity contribution in [3.05, 3.63) is 29.6 Å². The highest BCUT2D eigenvalue weighted by Crippen LogP contribution is 2.21. The maximum Gasteiger partial charge on any atom is 0.240 e. The number of benzene rings is 1. The molecular formula is C14H22ClFN2O3S. The summed E-state index contributed by atoms with van der Waals surface area (Å²) in [5.41, 5.74) is -0.256. The summed E-state index contributed by atoms with van der Waals surface area (Å²) in [6.07, 6.45) is 1.82. The molecule has 8 heteroatoms. The third-order valence-electron chi connectivity index (χ3n) is 3.86. The van der Waals surface area contributed by atoms with E-state index in [-0.39, 0.29) is 34.9 Å². The first kappa shape index (κ1) is 19.3. The SMILES string of the molecule is COCC1(CNS(=O)(=O)c2cccc(F)c2C)CCCN1.Cl. The van der Waals surface area contributed by atoms with Crippen molar-refractivity contribution in [3.63, 3.8) is 0 Å². The third-order valence-corrected chi connectivity index (χ3v) is 5.41. The molecule has 0 radical (unpaired) electrons. The Morgan fingerprint density at radius 2 is 2.18 bits per heavy atom. The maximum absolute atomic E-state index is 13.5. The zero-order valence-electron chi connectivity index (χ0n) is 12.7. The van der Waals surface area contributed by atoms with Crippen LogP contribution >= 0.6 is 12.4 Å². The summed E-state index contributed by atoms with van der Waals surface area (Å²) in [6.45, 7) is 2.95. The minimum Gasteiger partial charge on any atom is -0.383 e. The standard InChI is InChI=1S/C14H21FN2O3S.ClH/c1-11-12(15)5-3-6-13(11)21(18,19)17-9-14(10-20-2)7-4-8-16-14;/h3,5-6,16-17H,4,7-10H2,1-2H3;1H. The molecule has 1 heterocycles. The molecule has 1 aromatic carbocycles. The second-order valence-electron chi connectivity index (χ2n) is 5.43. The van der Waals surface area contributed by atoms with Gasteiger partial charge in [-0.3, -0.25) is 0 Å². The van der Waals surface area contributed by atoms with E-state index in [0.717, 1.165) is 19.4 Å². The number of ether oxygens (including phenoxy) is 1. The van der Waals surface area contributed by atoms with Crippen LogP contribution in [0.3, 0.4) is 0 Å². The lowest BCUT2D eigenvalue weighted by Crippen LogP contribution is -2.52. The quantitative estimate of drug-likeness (QED) is 0.816. The smallest absolute Gasteiger partial charge is 0.240 e. The first-order valence-electron chi connectivity index (χ1n) is 6.89. The Kier molecular flexibility index (Phi) is 6.76. The summed E-state index contributed by atoms with van der Waals surface area (Å²) in [6, 6.07) is 4.06. The van der Waals surface area contributed by atoms with Gasteiger partial charge in [-0.15, -0.1) is 12.4 Å². The van der Waals surface area contributed by atoms with Crippen LogP contribution in [-0.4, -0.2) is 40.8 Å². The van der Waals surface area contributed by atoms with E-state index in [1.54, 1.807) is 7.11 Å². The summed E-state index contributed by atoms with van der Waals surface area (Å²) >= 11 is 0. The lowest BCUT2D eigenvalue weighted by molar-refractivity contribution is 0.122. The lowest BCUT2D eigenvalue weighted by Gasteiger charge is -2.29. The number of methoxy groups -OCH3 is 1. The van der Waals surface area contributed by atoms with E-state index < -0.39 is 15.8 Å². The Labute approximate surface area is 137 Å². The van der Waals surface area contributed by atoms with Crippen molar-refractivity contribution in [1.82, 2.24) is 10.0 Å². The summed E-state index contributed by atoms with van der Waals surface area (Å²) < 4.78 is 46.0. The van der Waals surface area contributed by atoms with Crippen LogP contribution in [0.2, 0.25) is 0 Å². The minimum absolute atomic E-state index is 0. The summed E-state index contributed by atoms with van der Waals surface area (Å²) in [7, 11) is -2.15. The van der Waals surface area contributed by atoms with E-state index >= 15 is 0 Å². The summed E-state index contributed by atoms with van der Waals surface area (Å²) in [5, 5.41) is 3.30. The predicted molar refractivity (Wildman–Crippen MR) is 85.4 cm³/mol. The van der Waals surface area contributed by atoms with Gasteiger partial charge in [-0.1, -0.05) is 6.07 Å². The normalized spacial score (nSPS) is 21.6. The molecule has 0 aromatic heterocycles. The van der Waals surface area contributed by atoms with Gasteiger partial charge < -0.3 is 10.1 Å². The first-order valence-corrected chi connectivity index (χ1v) is 8.37. The van der Waals surface area contributed by atoms with Gasteiger partial charge in [-0.05, 0) is 38.4 Å². The van der Waals surface area contributed by atoms with Crippen LogP contribution in [0.1, 0.15) is 18.4 Å². The Bertz CT molecular complexity index is 604. The van der Waals surface area contributed by atoms with Gasteiger partial charge in [0.1, 0.15) is 5.82 Å². The molecule has 1 aromatic rings. The fourth-order valence-electron chi connectivity index (χ4n) is 2.66. The summed E-state index contributed by atoms with van der Waals surface area (Å²) in [5.74, 6) is -0.525. The number of sulfonamides is 1. The van der Waals surface area contributed by atoms with E-state index in [2.05, 4.69) is 10.0 Å². The number of halogens is 2. The molecule has 1 aliphatic heterocycles. The van der Waals surface area contributed by atoms with E-state index in [4.69, 9.17) is 4.74 Å². The van der Waals surface area contributed by atoms with E-state index in [1.807, 2.05) is 0 Å². The highest BCUT2D eigenvalue weighted by Gasteiger charge is 2.35. The Hall–Kier alpha value is -0.730. The van der Waals surface area contributed by atoms with Gasteiger partial charge in [0, 0.05) is 19.2 Å². The van der Waals surface area contributed by atoms with Crippen LogP contribution in [0, 0.1) is 12.7 Å². The van der Waals surface area contributed by atoms with Gasteiger partial charge in [0.05, 0.1) is 17.0 Å². The molecule has 0 spiro atoms. The molecular weight excluding hydrogens is 331 g/mol. The molecule has 1 atom stereocenters. The van der Waals surface area contributed by atoms with Crippen molar-refractivity contribution in [2.75, 3.05) is 26.8 Å². The van der Waals surface area contributed by atoms with Crippen LogP contribution < -0.4 is 10.0 Å². The van der Waals surface area contributed by atoms with Crippen molar-refractivity contribution in [3.8, 4) is 0 Å². The topological polar surface area (TPSA) is 67.4 Å². The number of rotatable bonds is 6. The van der Waals surface area contributed by atoms with Crippen molar-refractivity contribution >= 4 is 22.4 Å². The molecule has 0 amide bonds. The van der Waals surface area contributed by atoms with Crippen molar-refractivity contribution in [2.24, 2.45) is 0 Å². The van der Waals surface area contributed by atoms with Crippen molar-refractivity contribution in [2.45, 2.75) is 30.2 Å². The highest BCUT2D eigenvalue weighted by molar-refractivity contribution is 7.89. The Balaban J connectivity index is 0.00000242. The van der Waals surface area contributed by atoms with Gasteiger partial charge >= 0.3 is 0 Å². The molecule has 2 N–H and O–H groups in total. The van der Waals surface area contributed by atoms with Crippen LogP contribution in [-0.2, 0) is 14.8 Å². The molecule has 22 heavy (non-hydrogen) atoms. The molecule has 1 aliphatic rings. The van der Waals surface area contributed by atoms with Gasteiger partial charge in [0.15, 0.2) is 0 Å². The van der Waals surface area contributed by atoms with E-state index in [1.165, 1.54) is 25.1 Å². The number of nitrogens with one attached hydrogen (secondary N) is 2. The molecule has 126 valence electrons. The van der Waals surface area contributed by atoms with E-state index in [9.17, 15) is 12.8 Å². The van der Waals surface area contributed by atoms with Crippen molar-refractivity contribution < 1.29 is 17.5 Å². The third kappa shape index (κ3) is 4.17. The first-order chi connectivity index (χ1) is 9.90. The fourth-order valence-corrected chi connectivity index (χ4v) is 4.04. The average molecular weight is 353 g/mol. The monoisotopic (exact) mass is 352 g/mol. The molecule has 1 unspecified atom stereocenters. The van der Waals surface area contributed by atoms with Crippen LogP contribution in [0.5, 0.6) is 0 Å². The van der Waals surface area contributed by atoms with Gasteiger partial charge in [-0.2, -0.15) is 0 Å². The molecule has 0 bridgehead atoms. The average Bonchev–Trinajstić information content (AvgIpc) is 2.89. The van der Waals surface area contributed by atoms with Gasteiger partial charge in [0.25, 0.3) is 0 Å². The molecule has 0 saturated carbocycles. The van der Waals surface area contributed by atoms with Gasteiger partial charge in [0.2, 0.25) is 10.0 Å². The Morgan fingerprint density at radius 1 is 1.45 bits per heavy atom. The van der Waals surface area contributed by atoms with Crippen LogP contribution in [0.15, 0.2) is 23.1 Å². The molecule has 1 saturated heterocycles. The number of hydrogen-bond acceptors (Lipinski definition) is 4. The van der Waals surface area contributed by atoms with Gasteiger partial charge in [-0.25, -0.2) is 17.5 Å². The summed E-state index contributed by atoms with van der Waals surface area (Å²) in [4.78, 5) is -0.0203.